The lowest BCUT2D eigenvalue weighted by molar-refractivity contribution is 0.126. The molecule has 0 unspecified atom stereocenters. The number of para-hydroxylation sites is 1. The summed E-state index contributed by atoms with van der Waals surface area (Å²) < 4.78 is 7.00. The molecule has 1 N–H and O–H groups in total. The molecule has 0 atom stereocenters. The lowest BCUT2D eigenvalue weighted by Crippen LogP contribution is -2.30. The van der Waals surface area contributed by atoms with E-state index in [1.54, 1.807) is 7.11 Å². The minimum absolute atomic E-state index is 0.147. The maximum Gasteiger partial charge on any atom is 0.0843 e. The van der Waals surface area contributed by atoms with Crippen LogP contribution in [0, 0.1) is 0 Å². The Kier molecular flexibility index (Phi) is 4.90. The number of benzene rings is 1. The van der Waals surface area contributed by atoms with Gasteiger partial charge in [-0.1, -0.05) is 18.2 Å². The van der Waals surface area contributed by atoms with Gasteiger partial charge in [0.05, 0.1) is 24.4 Å². The zero-order chi connectivity index (χ0) is 13.7. The third kappa shape index (κ3) is 3.32. The van der Waals surface area contributed by atoms with Gasteiger partial charge in [-0.05, 0) is 6.07 Å². The van der Waals surface area contributed by atoms with Crippen LogP contribution in [0.15, 0.2) is 24.3 Å². The highest BCUT2D eigenvalue weighted by Gasteiger charge is 2.12. The quantitative estimate of drug-likeness (QED) is 0.810. The fourth-order valence-electron chi connectivity index (χ4n) is 2.25. The molecule has 104 valence electrons. The van der Waals surface area contributed by atoms with Crippen LogP contribution < -0.4 is 0 Å². The summed E-state index contributed by atoms with van der Waals surface area (Å²) in [5, 5.41) is 14.9. The Bertz CT molecular complexity index is 524. The fraction of sp³-hybridized carbons (Fsp3) is 0.500. The molecule has 2 rings (SSSR count). The second kappa shape index (κ2) is 6.65. The largest absolute Gasteiger partial charge is 0.395 e. The summed E-state index contributed by atoms with van der Waals surface area (Å²) in [5.74, 6) is 0. The summed E-state index contributed by atoms with van der Waals surface area (Å²) in [7, 11) is 3.64. The van der Waals surface area contributed by atoms with Crippen molar-refractivity contribution in [2.75, 3.05) is 33.4 Å². The Morgan fingerprint density at radius 1 is 1.32 bits per heavy atom. The zero-order valence-electron chi connectivity index (χ0n) is 11.5. The highest BCUT2D eigenvalue weighted by Crippen LogP contribution is 2.18. The van der Waals surface area contributed by atoms with Crippen LogP contribution in [0.4, 0.5) is 0 Å². The topological polar surface area (TPSA) is 50.5 Å². The number of hydrogen-bond acceptors (Lipinski definition) is 4. The molecule has 5 heteroatoms. The van der Waals surface area contributed by atoms with Crippen molar-refractivity contribution >= 4 is 10.9 Å². The van der Waals surface area contributed by atoms with E-state index in [4.69, 9.17) is 9.84 Å². The molecule has 2 aromatic rings. The number of aromatic nitrogens is 2. The van der Waals surface area contributed by atoms with E-state index in [1.807, 2.05) is 23.9 Å². The van der Waals surface area contributed by atoms with Crippen LogP contribution in [0.1, 0.15) is 5.69 Å². The summed E-state index contributed by atoms with van der Waals surface area (Å²) in [5.41, 5.74) is 2.18. The minimum Gasteiger partial charge on any atom is -0.395 e. The molecular formula is C14H21N3O2. The molecule has 0 radical (unpaired) electrons. The lowest BCUT2D eigenvalue weighted by atomic mass is 10.2. The van der Waals surface area contributed by atoms with Crippen LogP contribution in [0.3, 0.4) is 0 Å². The molecule has 0 saturated heterocycles. The predicted octanol–water partition coefficient (Wildman–Crippen LogP) is 1.01. The second-order valence-corrected chi connectivity index (χ2v) is 4.58. The number of fused-ring (bicyclic) bond motifs is 1. The van der Waals surface area contributed by atoms with Gasteiger partial charge in [0.25, 0.3) is 0 Å². The van der Waals surface area contributed by atoms with Crippen LogP contribution in [0.25, 0.3) is 10.9 Å². The van der Waals surface area contributed by atoms with Crippen molar-refractivity contribution in [1.82, 2.24) is 14.7 Å². The first kappa shape index (κ1) is 14.0. The molecule has 0 aliphatic rings. The van der Waals surface area contributed by atoms with E-state index in [1.165, 1.54) is 5.39 Å². The molecule has 0 aliphatic heterocycles. The van der Waals surface area contributed by atoms with Crippen LogP contribution in [0.2, 0.25) is 0 Å². The van der Waals surface area contributed by atoms with Gasteiger partial charge < -0.3 is 9.84 Å². The Labute approximate surface area is 113 Å². The average molecular weight is 263 g/mol. The normalized spacial score (nSPS) is 11.6. The van der Waals surface area contributed by atoms with Gasteiger partial charge in [-0.15, -0.1) is 0 Å². The number of aliphatic hydroxyl groups excluding tert-OH is 1. The molecule has 5 nitrogen and oxygen atoms in total. The van der Waals surface area contributed by atoms with E-state index in [0.29, 0.717) is 13.2 Å². The number of ether oxygens (including phenoxy) is 1. The summed E-state index contributed by atoms with van der Waals surface area (Å²) in [6.07, 6.45) is 0. The predicted molar refractivity (Wildman–Crippen MR) is 75.0 cm³/mol. The first-order valence-electron chi connectivity index (χ1n) is 6.49. The number of methoxy groups -OCH3 is 1. The minimum atomic E-state index is 0.147. The van der Waals surface area contributed by atoms with Gasteiger partial charge in [0.1, 0.15) is 0 Å². The van der Waals surface area contributed by atoms with Gasteiger partial charge in [0.2, 0.25) is 0 Å². The van der Waals surface area contributed by atoms with Crippen LogP contribution in [0.5, 0.6) is 0 Å². The third-order valence-electron chi connectivity index (χ3n) is 3.24. The summed E-state index contributed by atoms with van der Waals surface area (Å²) >= 11 is 0. The van der Waals surface area contributed by atoms with Gasteiger partial charge in [-0.25, -0.2) is 0 Å². The Morgan fingerprint density at radius 3 is 2.84 bits per heavy atom. The monoisotopic (exact) mass is 263 g/mol. The van der Waals surface area contributed by atoms with E-state index in [2.05, 4.69) is 22.1 Å². The van der Waals surface area contributed by atoms with E-state index in [9.17, 15) is 0 Å². The number of nitrogens with zero attached hydrogens (tertiary/aromatic N) is 3. The fourth-order valence-corrected chi connectivity index (χ4v) is 2.25. The summed E-state index contributed by atoms with van der Waals surface area (Å²) in [6.45, 7) is 2.96. The Morgan fingerprint density at radius 2 is 2.11 bits per heavy atom. The number of aryl methyl sites for hydroxylation is 1. The molecule has 1 aromatic heterocycles. The van der Waals surface area contributed by atoms with Crippen LogP contribution in [-0.2, 0) is 18.3 Å². The maximum absolute atomic E-state index is 9.12. The standard InChI is InChI=1S/C14H21N3O2/c1-16-14-6-4-3-5-12(14)13(15-16)11-17(7-9-18)8-10-19-2/h3-6,18H,7-11H2,1-2H3. The van der Waals surface area contributed by atoms with Gasteiger partial charge in [0.15, 0.2) is 0 Å². The third-order valence-corrected chi connectivity index (χ3v) is 3.24. The number of rotatable bonds is 7. The molecule has 0 spiro atoms. The first-order chi connectivity index (χ1) is 9.26. The van der Waals surface area contributed by atoms with E-state index in [-0.39, 0.29) is 6.61 Å². The second-order valence-electron chi connectivity index (χ2n) is 4.58. The molecule has 19 heavy (non-hydrogen) atoms. The van der Waals surface area contributed by atoms with Crippen molar-refractivity contribution in [1.29, 1.82) is 0 Å². The Hall–Kier alpha value is -1.43. The molecule has 0 amide bonds. The molecular weight excluding hydrogens is 242 g/mol. The van der Waals surface area contributed by atoms with Crippen molar-refractivity contribution in [3.63, 3.8) is 0 Å². The summed E-state index contributed by atoms with van der Waals surface area (Å²) in [6, 6.07) is 8.20. The lowest BCUT2D eigenvalue weighted by Gasteiger charge is -2.19. The van der Waals surface area contributed by atoms with Crippen molar-refractivity contribution in [3.8, 4) is 0 Å². The summed E-state index contributed by atoms with van der Waals surface area (Å²) in [4.78, 5) is 2.15. The van der Waals surface area contributed by atoms with Gasteiger partial charge >= 0.3 is 0 Å². The van der Waals surface area contributed by atoms with Crippen molar-refractivity contribution in [2.24, 2.45) is 7.05 Å². The maximum atomic E-state index is 9.12. The van der Waals surface area contributed by atoms with Crippen molar-refractivity contribution in [2.45, 2.75) is 6.54 Å². The van der Waals surface area contributed by atoms with Crippen LogP contribution >= 0.6 is 0 Å². The molecule has 1 aromatic carbocycles. The van der Waals surface area contributed by atoms with E-state index < -0.39 is 0 Å². The Balaban J connectivity index is 2.18. The molecule has 1 heterocycles. The van der Waals surface area contributed by atoms with Crippen molar-refractivity contribution in [3.05, 3.63) is 30.0 Å². The smallest absolute Gasteiger partial charge is 0.0843 e. The van der Waals surface area contributed by atoms with E-state index >= 15 is 0 Å². The van der Waals surface area contributed by atoms with E-state index in [0.717, 1.165) is 24.3 Å². The number of hydrogen-bond donors (Lipinski definition) is 1. The molecule has 0 bridgehead atoms. The molecule has 0 aliphatic carbocycles. The SMILES string of the molecule is COCCN(CCO)Cc1nn(C)c2ccccc12. The zero-order valence-corrected chi connectivity index (χ0v) is 11.5. The first-order valence-corrected chi connectivity index (χ1v) is 6.49. The highest BCUT2D eigenvalue weighted by molar-refractivity contribution is 5.81. The number of aliphatic hydroxyl groups is 1. The molecule has 0 saturated carbocycles. The molecule has 0 fully saturated rings. The van der Waals surface area contributed by atoms with Crippen molar-refractivity contribution < 1.29 is 9.84 Å². The highest BCUT2D eigenvalue weighted by atomic mass is 16.5. The van der Waals surface area contributed by atoms with Crippen LogP contribution in [-0.4, -0.2) is 53.2 Å². The van der Waals surface area contributed by atoms with Gasteiger partial charge in [-0.2, -0.15) is 5.10 Å². The van der Waals surface area contributed by atoms with Gasteiger partial charge in [0, 0.05) is 39.2 Å². The average Bonchev–Trinajstić information content (AvgIpc) is 2.74. The van der Waals surface area contributed by atoms with Gasteiger partial charge in [-0.3, -0.25) is 9.58 Å².